The number of benzene rings is 1. The normalized spacial score (nSPS) is 26.9. The van der Waals surface area contributed by atoms with Crippen LogP contribution < -0.4 is 5.73 Å². The summed E-state index contributed by atoms with van der Waals surface area (Å²) in [5, 5.41) is 0.799. The van der Waals surface area contributed by atoms with Gasteiger partial charge in [-0.15, -0.1) is 0 Å². The smallest absolute Gasteiger partial charge is 0.0406 e. The van der Waals surface area contributed by atoms with E-state index in [0.717, 1.165) is 24.7 Å². The van der Waals surface area contributed by atoms with E-state index in [2.05, 4.69) is 24.0 Å². The number of hydrogen-bond donors (Lipinski definition) is 1. The molecule has 0 aromatic heterocycles. The van der Waals surface area contributed by atoms with Crippen molar-refractivity contribution in [1.29, 1.82) is 0 Å². The third-order valence-corrected chi connectivity index (χ3v) is 3.67. The molecule has 0 amide bonds. The van der Waals surface area contributed by atoms with Gasteiger partial charge in [-0.3, -0.25) is 4.90 Å². The average molecular weight is 239 g/mol. The topological polar surface area (TPSA) is 29.3 Å². The quantitative estimate of drug-likeness (QED) is 0.858. The Morgan fingerprint density at radius 2 is 2.06 bits per heavy atom. The van der Waals surface area contributed by atoms with E-state index in [-0.39, 0.29) is 0 Å². The number of piperidine rings is 1. The highest BCUT2D eigenvalue weighted by molar-refractivity contribution is 6.30. The maximum atomic E-state index is 6.08. The van der Waals surface area contributed by atoms with Gasteiger partial charge in [0.2, 0.25) is 0 Å². The fraction of sp³-hybridized carbons (Fsp3) is 0.538. The molecule has 3 heteroatoms. The molecule has 2 atom stereocenters. The van der Waals surface area contributed by atoms with Gasteiger partial charge in [-0.05, 0) is 36.6 Å². The molecule has 2 N–H and O–H groups in total. The molecule has 1 aromatic rings. The lowest BCUT2D eigenvalue weighted by atomic mass is 9.94. The van der Waals surface area contributed by atoms with Crippen LogP contribution in [0.1, 0.15) is 18.9 Å². The fourth-order valence-electron chi connectivity index (χ4n) is 2.16. The van der Waals surface area contributed by atoms with E-state index >= 15 is 0 Å². The number of likely N-dealkylation sites (tertiary alicyclic amines) is 1. The molecule has 0 spiro atoms. The SMILES string of the molecule is CC1CCN(Cc2ccc(Cl)cc2)CC1N. The van der Waals surface area contributed by atoms with Crippen molar-refractivity contribution < 1.29 is 0 Å². The second-order valence-corrected chi connectivity index (χ2v) is 5.23. The highest BCUT2D eigenvalue weighted by Gasteiger charge is 2.22. The Morgan fingerprint density at radius 3 is 2.69 bits per heavy atom. The zero-order valence-corrected chi connectivity index (χ0v) is 10.5. The van der Waals surface area contributed by atoms with Gasteiger partial charge in [0.05, 0.1) is 0 Å². The van der Waals surface area contributed by atoms with Crippen LogP contribution in [0, 0.1) is 5.92 Å². The number of hydrogen-bond acceptors (Lipinski definition) is 2. The molecule has 2 nitrogen and oxygen atoms in total. The predicted octanol–water partition coefficient (Wildman–Crippen LogP) is 2.51. The van der Waals surface area contributed by atoms with E-state index in [1.165, 1.54) is 12.0 Å². The first-order chi connectivity index (χ1) is 7.65. The van der Waals surface area contributed by atoms with E-state index in [1.54, 1.807) is 0 Å². The van der Waals surface area contributed by atoms with E-state index in [1.807, 2.05) is 12.1 Å². The van der Waals surface area contributed by atoms with Gasteiger partial charge in [0.1, 0.15) is 0 Å². The minimum absolute atomic E-state index is 0.320. The molecule has 2 rings (SSSR count). The summed E-state index contributed by atoms with van der Waals surface area (Å²) in [7, 11) is 0. The summed E-state index contributed by atoms with van der Waals surface area (Å²) >= 11 is 5.86. The Hall–Kier alpha value is -0.570. The van der Waals surface area contributed by atoms with Crippen LogP contribution in [0.15, 0.2) is 24.3 Å². The molecule has 1 aromatic carbocycles. The lowest BCUT2D eigenvalue weighted by molar-refractivity contribution is 0.162. The molecule has 2 unspecified atom stereocenters. The highest BCUT2D eigenvalue weighted by atomic mass is 35.5. The van der Waals surface area contributed by atoms with Crippen molar-refractivity contribution in [1.82, 2.24) is 4.90 Å². The van der Waals surface area contributed by atoms with Crippen LogP contribution in [0.25, 0.3) is 0 Å². The summed E-state index contributed by atoms with van der Waals surface area (Å²) in [6, 6.07) is 8.39. The zero-order valence-electron chi connectivity index (χ0n) is 9.70. The van der Waals surface area contributed by atoms with Gasteiger partial charge in [-0.2, -0.15) is 0 Å². The first kappa shape index (κ1) is 11.9. The van der Waals surface area contributed by atoms with Crippen LogP contribution in [0.5, 0.6) is 0 Å². The van der Waals surface area contributed by atoms with E-state index in [9.17, 15) is 0 Å². The zero-order chi connectivity index (χ0) is 11.5. The van der Waals surface area contributed by atoms with Crippen LogP contribution in [-0.2, 0) is 6.54 Å². The summed E-state index contributed by atoms with van der Waals surface area (Å²) in [6.45, 7) is 5.38. The van der Waals surface area contributed by atoms with Crippen molar-refractivity contribution in [3.63, 3.8) is 0 Å². The summed E-state index contributed by atoms with van der Waals surface area (Å²) in [5.41, 5.74) is 7.39. The number of halogens is 1. The van der Waals surface area contributed by atoms with Crippen LogP contribution in [0.2, 0.25) is 5.02 Å². The number of nitrogens with two attached hydrogens (primary N) is 1. The minimum Gasteiger partial charge on any atom is -0.326 e. The first-order valence-electron chi connectivity index (χ1n) is 5.87. The molecular weight excluding hydrogens is 220 g/mol. The molecule has 1 saturated heterocycles. The van der Waals surface area contributed by atoms with Crippen LogP contribution >= 0.6 is 11.6 Å². The van der Waals surface area contributed by atoms with E-state index in [4.69, 9.17) is 17.3 Å². The molecule has 0 radical (unpaired) electrons. The van der Waals surface area contributed by atoms with Crippen LogP contribution in [-0.4, -0.2) is 24.0 Å². The van der Waals surface area contributed by atoms with E-state index in [0.29, 0.717) is 12.0 Å². The van der Waals surface area contributed by atoms with Crippen LogP contribution in [0.3, 0.4) is 0 Å². The van der Waals surface area contributed by atoms with Crippen molar-refractivity contribution in [3.8, 4) is 0 Å². The van der Waals surface area contributed by atoms with Crippen molar-refractivity contribution in [2.45, 2.75) is 25.9 Å². The van der Waals surface area contributed by atoms with E-state index < -0.39 is 0 Å². The maximum Gasteiger partial charge on any atom is 0.0406 e. The standard InChI is InChI=1S/C13H19ClN2/c1-10-6-7-16(9-13(10)15)8-11-2-4-12(14)5-3-11/h2-5,10,13H,6-9,15H2,1H3. The molecule has 88 valence electrons. The molecule has 1 aliphatic heterocycles. The van der Waals surface area contributed by atoms with Crippen molar-refractivity contribution in [3.05, 3.63) is 34.9 Å². The lowest BCUT2D eigenvalue weighted by Crippen LogP contribution is -2.47. The average Bonchev–Trinajstić information content (AvgIpc) is 2.27. The molecular formula is C13H19ClN2. The van der Waals surface area contributed by atoms with Gasteiger partial charge in [0, 0.05) is 24.2 Å². The van der Waals surface area contributed by atoms with Gasteiger partial charge in [-0.25, -0.2) is 0 Å². The summed E-state index contributed by atoms with van der Waals surface area (Å²) < 4.78 is 0. The second kappa shape index (κ2) is 5.17. The van der Waals surface area contributed by atoms with Gasteiger partial charge in [0.25, 0.3) is 0 Å². The minimum atomic E-state index is 0.320. The number of nitrogens with zero attached hydrogens (tertiary/aromatic N) is 1. The Bertz CT molecular complexity index is 336. The van der Waals surface area contributed by atoms with Gasteiger partial charge in [0.15, 0.2) is 0 Å². The summed E-state index contributed by atoms with van der Waals surface area (Å²) in [5.74, 6) is 0.654. The van der Waals surface area contributed by atoms with Gasteiger partial charge in [-0.1, -0.05) is 30.7 Å². The molecule has 0 aliphatic carbocycles. The second-order valence-electron chi connectivity index (χ2n) is 4.79. The van der Waals surface area contributed by atoms with Crippen molar-refractivity contribution >= 4 is 11.6 Å². The third-order valence-electron chi connectivity index (χ3n) is 3.42. The molecule has 0 saturated carbocycles. The summed E-state index contributed by atoms with van der Waals surface area (Å²) in [4.78, 5) is 2.42. The Morgan fingerprint density at radius 1 is 1.38 bits per heavy atom. The lowest BCUT2D eigenvalue weighted by Gasteiger charge is -2.35. The first-order valence-corrected chi connectivity index (χ1v) is 6.25. The largest absolute Gasteiger partial charge is 0.326 e. The van der Waals surface area contributed by atoms with Gasteiger partial charge < -0.3 is 5.73 Å². The molecule has 1 heterocycles. The highest BCUT2D eigenvalue weighted by Crippen LogP contribution is 2.18. The van der Waals surface area contributed by atoms with Crippen LogP contribution in [0.4, 0.5) is 0 Å². The van der Waals surface area contributed by atoms with Crippen molar-refractivity contribution in [2.24, 2.45) is 11.7 Å². The number of rotatable bonds is 2. The Balaban J connectivity index is 1.93. The monoisotopic (exact) mass is 238 g/mol. The van der Waals surface area contributed by atoms with Gasteiger partial charge >= 0.3 is 0 Å². The Labute approximate surface area is 102 Å². The summed E-state index contributed by atoms with van der Waals surface area (Å²) in [6.07, 6.45) is 1.20. The third kappa shape index (κ3) is 2.97. The van der Waals surface area contributed by atoms with Crippen molar-refractivity contribution in [2.75, 3.05) is 13.1 Å². The maximum absolute atomic E-state index is 6.08. The fourth-order valence-corrected chi connectivity index (χ4v) is 2.29. The predicted molar refractivity (Wildman–Crippen MR) is 68.5 cm³/mol. The molecule has 1 aliphatic rings. The molecule has 16 heavy (non-hydrogen) atoms. The molecule has 1 fully saturated rings. The molecule has 0 bridgehead atoms. The Kier molecular flexibility index (Phi) is 3.85.